The highest BCUT2D eigenvalue weighted by Gasteiger charge is 2.20. The van der Waals surface area contributed by atoms with E-state index in [-0.39, 0.29) is 5.97 Å². The van der Waals surface area contributed by atoms with E-state index in [1.165, 1.54) is 18.4 Å². The van der Waals surface area contributed by atoms with Gasteiger partial charge in [-0.2, -0.15) is 0 Å². The zero-order chi connectivity index (χ0) is 15.6. The van der Waals surface area contributed by atoms with Gasteiger partial charge in [-0.1, -0.05) is 18.2 Å². The number of nitrogens with one attached hydrogen (secondary N) is 1. The molecule has 122 valence electrons. The number of hydrogen-bond donors (Lipinski definition) is 1. The first-order valence-electron chi connectivity index (χ1n) is 8.39. The Morgan fingerprint density at radius 2 is 2.05 bits per heavy atom. The van der Waals surface area contributed by atoms with E-state index in [4.69, 9.17) is 9.47 Å². The smallest absolute Gasteiger partial charge is 0.305 e. The Labute approximate surface area is 133 Å². The molecule has 1 N–H and O–H groups in total. The zero-order valence-electron chi connectivity index (χ0n) is 13.5. The number of hydrogen-bond acceptors (Lipinski definition) is 4. The van der Waals surface area contributed by atoms with E-state index in [9.17, 15) is 4.79 Å². The minimum atomic E-state index is -0.0973. The quantitative estimate of drug-likeness (QED) is 0.502. The van der Waals surface area contributed by atoms with Crippen molar-refractivity contribution in [3.63, 3.8) is 0 Å². The maximum absolute atomic E-state index is 11.2. The Bertz CT molecular complexity index is 457. The SMILES string of the molecule is CCOC(=O)CCCCCOc1ccccc1CNC1CC1. The predicted octanol–water partition coefficient (Wildman–Crippen LogP) is 3.44. The van der Waals surface area contributed by atoms with Crippen LogP contribution in [0.15, 0.2) is 24.3 Å². The molecule has 0 atom stereocenters. The van der Waals surface area contributed by atoms with E-state index in [0.717, 1.165) is 31.6 Å². The minimum absolute atomic E-state index is 0.0973. The van der Waals surface area contributed by atoms with E-state index in [1.54, 1.807) is 0 Å². The molecule has 1 fully saturated rings. The monoisotopic (exact) mass is 305 g/mol. The standard InChI is InChI=1S/C18H27NO3/c1-2-21-18(20)10-4-3-7-13-22-17-9-6-5-8-15(17)14-19-16-11-12-16/h5-6,8-9,16,19H,2-4,7,10-14H2,1H3. The van der Waals surface area contributed by atoms with Crippen molar-refractivity contribution in [3.05, 3.63) is 29.8 Å². The lowest BCUT2D eigenvalue weighted by molar-refractivity contribution is -0.143. The molecule has 4 heteroatoms. The number of benzene rings is 1. The first-order chi connectivity index (χ1) is 10.8. The highest BCUT2D eigenvalue weighted by molar-refractivity contribution is 5.69. The average molecular weight is 305 g/mol. The second-order valence-electron chi connectivity index (χ2n) is 5.73. The van der Waals surface area contributed by atoms with Crippen LogP contribution >= 0.6 is 0 Å². The van der Waals surface area contributed by atoms with Gasteiger partial charge in [0.1, 0.15) is 5.75 Å². The number of unbranched alkanes of at least 4 members (excludes halogenated alkanes) is 2. The highest BCUT2D eigenvalue weighted by Crippen LogP contribution is 2.22. The molecule has 0 aliphatic heterocycles. The third-order valence-corrected chi connectivity index (χ3v) is 3.72. The van der Waals surface area contributed by atoms with Gasteiger partial charge in [0, 0.05) is 24.6 Å². The molecule has 1 saturated carbocycles. The summed E-state index contributed by atoms with van der Waals surface area (Å²) in [6, 6.07) is 8.91. The molecular formula is C18H27NO3. The van der Waals surface area contributed by atoms with Gasteiger partial charge in [-0.25, -0.2) is 0 Å². The second kappa shape index (κ2) is 9.46. The second-order valence-corrected chi connectivity index (χ2v) is 5.73. The van der Waals surface area contributed by atoms with Crippen molar-refractivity contribution in [1.29, 1.82) is 0 Å². The molecular weight excluding hydrogens is 278 g/mol. The normalized spacial score (nSPS) is 13.9. The van der Waals surface area contributed by atoms with Crippen molar-refractivity contribution in [2.75, 3.05) is 13.2 Å². The Morgan fingerprint density at radius 3 is 2.82 bits per heavy atom. The summed E-state index contributed by atoms with van der Waals surface area (Å²) in [6.45, 7) is 3.88. The van der Waals surface area contributed by atoms with Crippen LogP contribution in [-0.2, 0) is 16.1 Å². The van der Waals surface area contributed by atoms with Crippen LogP contribution in [0.4, 0.5) is 0 Å². The first-order valence-corrected chi connectivity index (χ1v) is 8.39. The molecule has 0 bridgehead atoms. The van der Waals surface area contributed by atoms with Crippen LogP contribution in [0.2, 0.25) is 0 Å². The summed E-state index contributed by atoms with van der Waals surface area (Å²) < 4.78 is 10.8. The maximum Gasteiger partial charge on any atom is 0.305 e. The molecule has 1 aliphatic rings. The Kier molecular flexibility index (Phi) is 7.23. The van der Waals surface area contributed by atoms with E-state index >= 15 is 0 Å². The molecule has 0 saturated heterocycles. The summed E-state index contributed by atoms with van der Waals surface area (Å²) in [6.07, 6.45) is 5.92. The fourth-order valence-electron chi connectivity index (χ4n) is 2.30. The minimum Gasteiger partial charge on any atom is -0.493 e. The lowest BCUT2D eigenvalue weighted by Crippen LogP contribution is -2.16. The van der Waals surface area contributed by atoms with E-state index in [2.05, 4.69) is 17.4 Å². The number of carbonyl (C=O) groups excluding carboxylic acids is 1. The molecule has 4 nitrogen and oxygen atoms in total. The molecule has 0 heterocycles. The van der Waals surface area contributed by atoms with Gasteiger partial charge in [-0.05, 0) is 45.1 Å². The van der Waals surface area contributed by atoms with Crippen LogP contribution in [0.3, 0.4) is 0 Å². The molecule has 1 aromatic rings. The Morgan fingerprint density at radius 1 is 1.23 bits per heavy atom. The Balaban J connectivity index is 1.60. The fourth-order valence-corrected chi connectivity index (χ4v) is 2.30. The molecule has 1 aromatic carbocycles. The van der Waals surface area contributed by atoms with Gasteiger partial charge in [-0.15, -0.1) is 0 Å². The molecule has 1 aliphatic carbocycles. The number of rotatable bonds is 11. The molecule has 0 spiro atoms. The number of para-hydroxylation sites is 1. The van der Waals surface area contributed by atoms with Crippen LogP contribution in [0.25, 0.3) is 0 Å². The maximum atomic E-state index is 11.2. The largest absolute Gasteiger partial charge is 0.493 e. The van der Waals surface area contributed by atoms with Crippen LogP contribution in [0.1, 0.15) is 51.0 Å². The van der Waals surface area contributed by atoms with Gasteiger partial charge in [0.2, 0.25) is 0 Å². The summed E-state index contributed by atoms with van der Waals surface area (Å²) in [4.78, 5) is 11.2. The topological polar surface area (TPSA) is 47.6 Å². The lowest BCUT2D eigenvalue weighted by Gasteiger charge is -2.12. The van der Waals surface area contributed by atoms with Crippen molar-refractivity contribution in [1.82, 2.24) is 5.32 Å². The lowest BCUT2D eigenvalue weighted by atomic mass is 10.2. The fraction of sp³-hybridized carbons (Fsp3) is 0.611. The van der Waals surface area contributed by atoms with Gasteiger partial charge >= 0.3 is 5.97 Å². The summed E-state index contributed by atoms with van der Waals surface area (Å²) in [5.74, 6) is 0.876. The van der Waals surface area contributed by atoms with Crippen LogP contribution in [0.5, 0.6) is 5.75 Å². The van der Waals surface area contributed by atoms with Crippen molar-refractivity contribution in [2.45, 2.75) is 58.0 Å². The summed E-state index contributed by atoms with van der Waals surface area (Å²) >= 11 is 0. The third kappa shape index (κ3) is 6.48. The van der Waals surface area contributed by atoms with Gasteiger partial charge in [0.15, 0.2) is 0 Å². The number of esters is 1. The van der Waals surface area contributed by atoms with Gasteiger partial charge < -0.3 is 14.8 Å². The van der Waals surface area contributed by atoms with Crippen molar-refractivity contribution in [3.8, 4) is 5.75 Å². The first kappa shape index (κ1) is 16.8. The van der Waals surface area contributed by atoms with Crippen molar-refractivity contribution in [2.24, 2.45) is 0 Å². The summed E-state index contributed by atoms with van der Waals surface area (Å²) in [5, 5.41) is 3.52. The molecule has 0 amide bonds. The van der Waals surface area contributed by atoms with E-state index in [0.29, 0.717) is 25.7 Å². The predicted molar refractivity (Wildman–Crippen MR) is 86.9 cm³/mol. The molecule has 0 unspecified atom stereocenters. The molecule has 0 aromatic heterocycles. The average Bonchev–Trinajstić information content (AvgIpc) is 3.34. The number of ether oxygens (including phenoxy) is 2. The van der Waals surface area contributed by atoms with Crippen LogP contribution in [-0.4, -0.2) is 25.2 Å². The van der Waals surface area contributed by atoms with Gasteiger partial charge in [0.05, 0.1) is 13.2 Å². The van der Waals surface area contributed by atoms with E-state index in [1.807, 2.05) is 19.1 Å². The molecule has 0 radical (unpaired) electrons. The molecule has 2 rings (SSSR count). The molecule has 22 heavy (non-hydrogen) atoms. The summed E-state index contributed by atoms with van der Waals surface area (Å²) in [7, 11) is 0. The highest BCUT2D eigenvalue weighted by atomic mass is 16.5. The summed E-state index contributed by atoms with van der Waals surface area (Å²) in [5.41, 5.74) is 1.22. The van der Waals surface area contributed by atoms with Crippen LogP contribution in [0, 0.1) is 0 Å². The van der Waals surface area contributed by atoms with E-state index < -0.39 is 0 Å². The van der Waals surface area contributed by atoms with Crippen LogP contribution < -0.4 is 10.1 Å². The van der Waals surface area contributed by atoms with Crippen molar-refractivity contribution >= 4 is 5.97 Å². The number of carbonyl (C=O) groups is 1. The van der Waals surface area contributed by atoms with Crippen molar-refractivity contribution < 1.29 is 14.3 Å². The Hall–Kier alpha value is -1.55. The van der Waals surface area contributed by atoms with Gasteiger partial charge in [0.25, 0.3) is 0 Å². The zero-order valence-corrected chi connectivity index (χ0v) is 13.5. The third-order valence-electron chi connectivity index (χ3n) is 3.72. The van der Waals surface area contributed by atoms with Gasteiger partial charge in [-0.3, -0.25) is 4.79 Å².